The van der Waals surface area contributed by atoms with Gasteiger partial charge in [0.05, 0.1) is 19.5 Å². The minimum atomic E-state index is -0.554. The second-order valence-electron chi connectivity index (χ2n) is 22.4. The Morgan fingerprint density at radius 3 is 0.875 bits per heavy atom. The highest BCUT2D eigenvalue weighted by atomic mass is 32.1. The second kappa shape index (κ2) is 37.9. The molecule has 8 heterocycles. The van der Waals surface area contributed by atoms with Gasteiger partial charge in [-0.25, -0.2) is 61.8 Å². The van der Waals surface area contributed by atoms with Gasteiger partial charge in [0.2, 0.25) is 0 Å². The van der Waals surface area contributed by atoms with Gasteiger partial charge in [-0.1, -0.05) is 64.1 Å². The normalized spacial score (nSPS) is 10.5. The first-order valence-corrected chi connectivity index (χ1v) is 36.3. The molecule has 0 aliphatic carbocycles. The zero-order valence-corrected chi connectivity index (χ0v) is 60.9. The van der Waals surface area contributed by atoms with Crippen molar-refractivity contribution < 1.29 is 40.0 Å². The van der Waals surface area contributed by atoms with Crippen LogP contribution in [-0.4, -0.2) is 84.3 Å². The van der Waals surface area contributed by atoms with Crippen LogP contribution in [0.2, 0.25) is 0 Å². The van der Waals surface area contributed by atoms with Crippen LogP contribution in [-0.2, 0) is 38.5 Å². The van der Waals surface area contributed by atoms with Crippen LogP contribution in [0.25, 0.3) is 42.8 Å². The number of hydrogen-bond donors (Lipinski definition) is 12. The lowest BCUT2D eigenvalue weighted by molar-refractivity contribution is 0.0702. The number of allylic oxidation sites excluding steroid dienone is 2. The molecule has 0 saturated carbocycles. The van der Waals surface area contributed by atoms with Crippen molar-refractivity contribution in [3.8, 4) is 42.8 Å². The number of carbonyl (C=O) groups is 4. The van der Waals surface area contributed by atoms with Crippen LogP contribution in [0.5, 0.6) is 0 Å². The largest absolute Gasteiger partial charge is 0.340 e. The summed E-state index contributed by atoms with van der Waals surface area (Å²) in [5.41, 5.74) is 19.1. The highest BCUT2D eigenvalue weighted by molar-refractivity contribution is 7.14. The summed E-state index contributed by atoms with van der Waals surface area (Å²) in [5.74, 6) is 3.56. The number of hydrogen-bond acceptors (Lipinski definition) is 24. The maximum absolute atomic E-state index is 11.5. The van der Waals surface area contributed by atoms with Gasteiger partial charge >= 0.3 is 0 Å². The van der Waals surface area contributed by atoms with E-state index >= 15 is 0 Å². The predicted molar refractivity (Wildman–Crippen MR) is 412 cm³/mol. The minimum absolute atomic E-state index is 0.363. The number of aromatic nitrogens is 8. The average Bonchev–Trinajstić information content (AvgIpc) is 1.28. The van der Waals surface area contributed by atoms with Gasteiger partial charge in [-0.05, 0) is 195 Å². The van der Waals surface area contributed by atoms with Crippen molar-refractivity contribution in [3.63, 3.8) is 0 Å². The van der Waals surface area contributed by atoms with Gasteiger partial charge < -0.3 is 21.3 Å². The van der Waals surface area contributed by atoms with Gasteiger partial charge in [0.15, 0.2) is 23.3 Å². The van der Waals surface area contributed by atoms with Crippen LogP contribution in [0.3, 0.4) is 0 Å². The Hall–Kier alpha value is -11.6. The quantitative estimate of drug-likeness (QED) is 0.0152. The predicted octanol–water partition coefficient (Wildman–Crippen LogP) is 16.6. The SMILES string of the molecule is C=CCc1c(C)nc(-c2cccs2)nc1Nc1ccc(C(=O)NO)cc1.C=CCc1c(CC)nc(-c2cccs2)nc1Nc1ccc(C(=O)NO)cc1.CCc1c(C)nc(-c2cccs2)nc1Nc1ccc(C(=O)NO)cc1.CCc1nc(-c2cccs2)nc(Nc2ccc(C(=O)NO)cc2)c1CC. The Morgan fingerprint density at radius 1 is 0.346 bits per heavy atom. The summed E-state index contributed by atoms with van der Waals surface area (Å²) in [5, 5.41) is 56.1. The third-order valence-electron chi connectivity index (χ3n) is 15.7. The molecule has 0 radical (unpaired) electrons. The summed E-state index contributed by atoms with van der Waals surface area (Å²) >= 11 is 6.39. The molecule has 0 fully saturated rings. The van der Waals surface area contributed by atoms with Crippen LogP contribution in [0.1, 0.15) is 114 Å². The molecule has 0 bridgehead atoms. The number of carbonyl (C=O) groups excluding carboxylic acids is 4. The molecule has 104 heavy (non-hydrogen) atoms. The minimum Gasteiger partial charge on any atom is -0.340 e. The van der Waals surface area contributed by atoms with E-state index in [2.05, 4.69) is 82.1 Å². The van der Waals surface area contributed by atoms with Gasteiger partial charge in [0, 0.05) is 90.0 Å². The molecule has 0 spiro atoms. The molecular weight excluding hydrogens is 1390 g/mol. The van der Waals surface area contributed by atoms with E-state index in [0.717, 1.165) is 130 Å². The molecule has 0 aliphatic rings. The van der Waals surface area contributed by atoms with Crippen molar-refractivity contribution >= 4 is 115 Å². The zero-order chi connectivity index (χ0) is 74.1. The number of amides is 4. The Bertz CT molecular complexity index is 4850. The maximum Gasteiger partial charge on any atom is 0.274 e. The van der Waals surface area contributed by atoms with E-state index in [1.165, 1.54) is 0 Å². The first kappa shape index (κ1) is 76.6. The van der Waals surface area contributed by atoms with E-state index in [1.807, 2.05) is 96.1 Å². The number of rotatable bonds is 24. The Balaban J connectivity index is 0.000000161. The molecule has 12 rings (SSSR count). The summed E-state index contributed by atoms with van der Waals surface area (Å²) in [6.45, 7) is 19.9. The fourth-order valence-electron chi connectivity index (χ4n) is 10.5. The number of aryl methyl sites for hydroxylation is 4. The Labute approximate surface area is 616 Å². The molecule has 0 saturated heterocycles. The van der Waals surface area contributed by atoms with E-state index < -0.39 is 23.6 Å². The van der Waals surface area contributed by atoms with E-state index in [1.54, 1.807) is 164 Å². The number of benzene rings is 4. The summed E-state index contributed by atoms with van der Waals surface area (Å²) < 4.78 is 0. The lowest BCUT2D eigenvalue weighted by Gasteiger charge is -2.15. The topological polar surface area (TPSA) is 349 Å². The van der Waals surface area contributed by atoms with Crippen molar-refractivity contribution in [3.05, 3.63) is 260 Å². The monoisotopic (exact) mass is 1470 g/mol. The average molecular weight is 1470 g/mol. The van der Waals surface area contributed by atoms with Crippen LogP contribution in [0.15, 0.2) is 192 Å². The number of thiophene rings is 4. The molecule has 0 atom stereocenters. The smallest absolute Gasteiger partial charge is 0.274 e. The molecule has 28 heteroatoms. The lowest BCUT2D eigenvalue weighted by Crippen LogP contribution is -2.18. The maximum atomic E-state index is 11.5. The standard InChI is InChI=1S/C20H20N4O2S.C19H18N4O2S.C19H20N4O2S.C18H18N4O2S/c1-3-6-15-16(4-2)22-19(17-7-5-12-27-17)23-18(15)21-14-10-8-13(9-11-14)20(25)24-26;1-3-5-15-12(2)20-18(16-6-4-11-26-16)22-17(15)21-14-9-7-13(8-10-14)19(24)23-25;1-3-14-15(4-2)21-18(16-6-5-11-26-16)22-17(14)20-13-9-7-12(8-10-13)19(24)23-25;1-3-14-11(2)19-17(15-5-4-10-25-15)21-16(14)20-13-8-6-12(7-9-13)18(23)22-24/h3,5,7-12,26H,1,4,6H2,2H3,(H,24,25)(H,21,22,23);3-4,6-11,25H,1,5H2,2H3,(H,23,24)(H,20,21,22);5-11,25H,3-4H2,1-2H3,(H,23,24)(H,20,21,22);4-10,24H,3H2,1-2H3,(H,22,23)(H,19,20,21). The Kier molecular flexibility index (Phi) is 27.9. The number of anilines is 8. The number of nitrogens with zero attached hydrogens (tertiary/aromatic N) is 8. The van der Waals surface area contributed by atoms with Crippen molar-refractivity contribution in [2.24, 2.45) is 0 Å². The molecule has 12 aromatic rings. The van der Waals surface area contributed by atoms with Crippen molar-refractivity contribution in [2.45, 2.75) is 80.1 Å². The third kappa shape index (κ3) is 19.9. The van der Waals surface area contributed by atoms with Crippen molar-refractivity contribution in [2.75, 3.05) is 21.3 Å². The van der Waals surface area contributed by atoms with E-state index in [-0.39, 0.29) is 0 Å². The summed E-state index contributed by atoms with van der Waals surface area (Å²) in [4.78, 5) is 87.3. The van der Waals surface area contributed by atoms with E-state index in [4.69, 9.17) is 40.8 Å². The van der Waals surface area contributed by atoms with Crippen molar-refractivity contribution in [1.82, 2.24) is 61.8 Å². The van der Waals surface area contributed by atoms with E-state index in [9.17, 15) is 19.2 Å². The highest BCUT2D eigenvalue weighted by Gasteiger charge is 2.20. The zero-order valence-electron chi connectivity index (χ0n) is 57.6. The van der Waals surface area contributed by atoms with Gasteiger partial charge in [-0.3, -0.25) is 40.0 Å². The highest BCUT2D eigenvalue weighted by Crippen LogP contribution is 2.34. The van der Waals surface area contributed by atoms with Gasteiger partial charge in [0.1, 0.15) is 23.3 Å². The van der Waals surface area contributed by atoms with E-state index in [0.29, 0.717) is 64.2 Å². The summed E-state index contributed by atoms with van der Waals surface area (Å²) in [6.07, 6.45) is 8.19. The fourth-order valence-corrected chi connectivity index (χ4v) is 13.1. The molecule has 532 valence electrons. The molecule has 0 unspecified atom stereocenters. The molecule has 4 amide bonds. The molecule has 4 aromatic carbocycles. The first-order valence-electron chi connectivity index (χ1n) is 32.7. The van der Waals surface area contributed by atoms with Crippen LogP contribution >= 0.6 is 45.3 Å². The number of nitrogens with one attached hydrogen (secondary N) is 8. The third-order valence-corrected chi connectivity index (χ3v) is 19.2. The lowest BCUT2D eigenvalue weighted by atomic mass is 10.1. The van der Waals surface area contributed by atoms with Gasteiger partial charge in [-0.15, -0.1) is 58.5 Å². The number of hydroxylamine groups is 4. The van der Waals surface area contributed by atoms with Crippen LogP contribution in [0.4, 0.5) is 46.0 Å². The molecule has 24 nitrogen and oxygen atoms in total. The Morgan fingerprint density at radius 2 is 0.606 bits per heavy atom. The second-order valence-corrected chi connectivity index (χ2v) is 26.2. The molecular formula is C76H76N16O8S4. The van der Waals surface area contributed by atoms with Gasteiger partial charge in [-0.2, -0.15) is 0 Å². The summed E-state index contributed by atoms with van der Waals surface area (Å²) in [6, 6.07) is 43.1. The van der Waals surface area contributed by atoms with Crippen LogP contribution in [0, 0.1) is 13.8 Å². The molecule has 8 aromatic heterocycles. The fraction of sp³-hybridized carbons (Fsp3) is 0.158. The summed E-state index contributed by atoms with van der Waals surface area (Å²) in [7, 11) is 0. The van der Waals surface area contributed by atoms with Crippen molar-refractivity contribution in [1.29, 1.82) is 0 Å². The van der Waals surface area contributed by atoms with Gasteiger partial charge in [0.25, 0.3) is 23.6 Å². The molecule has 0 aliphatic heterocycles. The van der Waals surface area contributed by atoms with Crippen LogP contribution < -0.4 is 43.2 Å². The first-order chi connectivity index (χ1) is 50.5. The molecule has 12 N–H and O–H groups in total.